The molecule has 8 nitrogen and oxygen atoms in total. The van der Waals surface area contributed by atoms with Crippen molar-refractivity contribution in [2.75, 3.05) is 19.7 Å². The molecule has 1 amide bonds. The number of carbonyl (C=O) groups excluding carboxylic acids is 1. The topological polar surface area (TPSA) is 109 Å². The predicted octanol–water partition coefficient (Wildman–Crippen LogP) is 1.54. The molecular formula is C16H29N3O5. The van der Waals surface area contributed by atoms with E-state index in [2.05, 4.69) is 15.6 Å². The maximum Gasteiger partial charge on any atom is 0.408 e. The number of nitrogens with zero attached hydrogens (tertiary/aromatic N) is 1. The lowest BCUT2D eigenvalue weighted by atomic mass is 10.1. The van der Waals surface area contributed by atoms with Crippen molar-refractivity contribution in [2.45, 2.75) is 64.6 Å². The molecular weight excluding hydrogens is 314 g/mol. The van der Waals surface area contributed by atoms with E-state index >= 15 is 0 Å². The van der Waals surface area contributed by atoms with Crippen molar-refractivity contribution in [3.8, 4) is 0 Å². The second-order valence-corrected chi connectivity index (χ2v) is 6.70. The number of hydrogen-bond donors (Lipinski definition) is 3. The number of aliphatic carboxylic acids is 1. The minimum Gasteiger partial charge on any atom is -0.481 e. The lowest BCUT2D eigenvalue weighted by molar-refractivity contribution is -0.137. The highest BCUT2D eigenvalue weighted by molar-refractivity contribution is 5.89. The maximum atomic E-state index is 12.0. The summed E-state index contributed by atoms with van der Waals surface area (Å²) in [4.78, 5) is 27.7. The van der Waals surface area contributed by atoms with Crippen LogP contribution >= 0.6 is 0 Å². The van der Waals surface area contributed by atoms with E-state index in [0.717, 1.165) is 19.4 Å². The van der Waals surface area contributed by atoms with E-state index in [9.17, 15) is 9.59 Å². The van der Waals surface area contributed by atoms with Crippen LogP contribution in [0.25, 0.3) is 0 Å². The highest BCUT2D eigenvalue weighted by Gasteiger charge is 2.27. The van der Waals surface area contributed by atoms with Gasteiger partial charge in [0.05, 0.1) is 19.1 Å². The molecule has 0 aromatic heterocycles. The summed E-state index contributed by atoms with van der Waals surface area (Å²) < 4.78 is 10.7. The molecule has 8 heteroatoms. The van der Waals surface area contributed by atoms with Gasteiger partial charge in [0.1, 0.15) is 11.6 Å². The number of amides is 1. The van der Waals surface area contributed by atoms with Crippen LogP contribution < -0.4 is 10.6 Å². The quantitative estimate of drug-likeness (QED) is 0.498. The van der Waals surface area contributed by atoms with Gasteiger partial charge in [0.2, 0.25) is 5.90 Å². The highest BCUT2D eigenvalue weighted by atomic mass is 16.6. The molecule has 24 heavy (non-hydrogen) atoms. The van der Waals surface area contributed by atoms with E-state index in [0.29, 0.717) is 13.2 Å². The van der Waals surface area contributed by atoms with Gasteiger partial charge in [-0.3, -0.25) is 4.79 Å². The van der Waals surface area contributed by atoms with Crippen molar-refractivity contribution < 1.29 is 24.2 Å². The van der Waals surface area contributed by atoms with Gasteiger partial charge in [-0.15, -0.1) is 0 Å². The first kappa shape index (κ1) is 20.2. The van der Waals surface area contributed by atoms with Crippen LogP contribution in [0.4, 0.5) is 4.79 Å². The zero-order chi connectivity index (χ0) is 18.2. The molecule has 1 aliphatic rings. The minimum absolute atomic E-state index is 0.0111. The summed E-state index contributed by atoms with van der Waals surface area (Å²) in [6, 6.07) is -0.851. The van der Waals surface area contributed by atoms with Gasteiger partial charge in [-0.2, -0.15) is 0 Å². The summed E-state index contributed by atoms with van der Waals surface area (Å²) in [5.41, 5.74) is -0.673. The summed E-state index contributed by atoms with van der Waals surface area (Å²) in [5, 5.41) is 14.9. The van der Waals surface area contributed by atoms with Crippen LogP contribution in [0.5, 0.6) is 0 Å². The molecule has 1 saturated heterocycles. The van der Waals surface area contributed by atoms with E-state index < -0.39 is 23.7 Å². The Kier molecular flexibility index (Phi) is 7.97. The van der Waals surface area contributed by atoms with Gasteiger partial charge in [-0.25, -0.2) is 9.79 Å². The summed E-state index contributed by atoms with van der Waals surface area (Å²) in [6.45, 7) is 9.01. The molecule has 0 radical (unpaired) electrons. The van der Waals surface area contributed by atoms with E-state index in [4.69, 9.17) is 14.6 Å². The lowest BCUT2D eigenvalue weighted by Crippen LogP contribution is -2.46. The second-order valence-electron chi connectivity index (χ2n) is 6.70. The highest BCUT2D eigenvalue weighted by Crippen LogP contribution is 2.11. The molecule has 2 atom stereocenters. The van der Waals surface area contributed by atoms with Crippen LogP contribution in [-0.2, 0) is 14.3 Å². The Labute approximate surface area is 143 Å². The van der Waals surface area contributed by atoms with Crippen molar-refractivity contribution >= 4 is 18.0 Å². The first-order valence-corrected chi connectivity index (χ1v) is 8.33. The molecule has 1 unspecified atom stereocenters. The SMILES string of the molecule is CCOC(=NC1CCCNC1)[C@@H](CC(=O)O)NC(=O)OC(C)(C)C. The van der Waals surface area contributed by atoms with E-state index in [1.165, 1.54) is 0 Å². The number of nitrogens with one attached hydrogen (secondary N) is 2. The monoisotopic (exact) mass is 343 g/mol. The van der Waals surface area contributed by atoms with Gasteiger partial charge >= 0.3 is 12.1 Å². The van der Waals surface area contributed by atoms with Crippen LogP contribution in [0.2, 0.25) is 0 Å². The van der Waals surface area contributed by atoms with Gasteiger partial charge in [-0.05, 0) is 47.1 Å². The summed E-state index contributed by atoms with van der Waals surface area (Å²) in [7, 11) is 0. The minimum atomic E-state index is -1.05. The Bertz CT molecular complexity index is 453. The zero-order valence-corrected chi connectivity index (χ0v) is 14.9. The molecule has 1 aliphatic heterocycles. The first-order chi connectivity index (χ1) is 11.2. The third kappa shape index (κ3) is 8.14. The Morgan fingerprint density at radius 2 is 2.12 bits per heavy atom. The smallest absolute Gasteiger partial charge is 0.408 e. The van der Waals surface area contributed by atoms with Crippen molar-refractivity contribution in [1.29, 1.82) is 0 Å². The number of piperidine rings is 1. The van der Waals surface area contributed by atoms with E-state index in [1.54, 1.807) is 27.7 Å². The Hall–Kier alpha value is -1.83. The largest absolute Gasteiger partial charge is 0.481 e. The van der Waals surface area contributed by atoms with Crippen LogP contribution in [-0.4, -0.2) is 60.4 Å². The van der Waals surface area contributed by atoms with E-state index in [1.807, 2.05) is 0 Å². The molecule has 1 heterocycles. The van der Waals surface area contributed by atoms with Crippen molar-refractivity contribution in [1.82, 2.24) is 10.6 Å². The summed E-state index contributed by atoms with van der Waals surface area (Å²) in [6.07, 6.45) is 0.882. The predicted molar refractivity (Wildman–Crippen MR) is 90.4 cm³/mol. The fourth-order valence-electron chi connectivity index (χ4n) is 2.32. The van der Waals surface area contributed by atoms with Crippen LogP contribution in [0.3, 0.4) is 0 Å². The molecule has 0 spiro atoms. The average molecular weight is 343 g/mol. The van der Waals surface area contributed by atoms with E-state index in [-0.39, 0.29) is 18.4 Å². The Balaban J connectivity index is 2.88. The molecule has 0 aliphatic carbocycles. The molecule has 3 N–H and O–H groups in total. The number of carboxylic acid groups (broad SMARTS) is 1. The molecule has 138 valence electrons. The number of rotatable bonds is 6. The van der Waals surface area contributed by atoms with Crippen molar-refractivity contribution in [3.63, 3.8) is 0 Å². The number of aliphatic imine (C=N–C) groups is 1. The number of carboxylic acids is 1. The van der Waals surface area contributed by atoms with Crippen molar-refractivity contribution in [2.24, 2.45) is 4.99 Å². The number of ether oxygens (including phenoxy) is 2. The summed E-state index contributed by atoms with van der Waals surface area (Å²) in [5.74, 6) is -0.815. The zero-order valence-electron chi connectivity index (χ0n) is 14.9. The average Bonchev–Trinajstić information content (AvgIpc) is 2.44. The van der Waals surface area contributed by atoms with Gasteiger partial charge in [0.25, 0.3) is 0 Å². The van der Waals surface area contributed by atoms with Crippen molar-refractivity contribution in [3.05, 3.63) is 0 Å². The first-order valence-electron chi connectivity index (χ1n) is 8.33. The third-order valence-electron chi connectivity index (χ3n) is 3.24. The summed E-state index contributed by atoms with van der Waals surface area (Å²) >= 11 is 0. The van der Waals surface area contributed by atoms with Gasteiger partial charge in [0.15, 0.2) is 0 Å². The fraction of sp³-hybridized carbons (Fsp3) is 0.812. The number of hydrogen-bond acceptors (Lipinski definition) is 6. The molecule has 0 aromatic carbocycles. The number of alkyl carbamates (subject to hydrolysis) is 1. The fourth-order valence-corrected chi connectivity index (χ4v) is 2.32. The van der Waals surface area contributed by atoms with Gasteiger partial charge < -0.3 is 25.2 Å². The second kappa shape index (κ2) is 9.46. The molecule has 0 saturated carbocycles. The maximum absolute atomic E-state index is 12.0. The lowest BCUT2D eigenvalue weighted by Gasteiger charge is -2.25. The number of carbonyl (C=O) groups is 2. The molecule has 1 rings (SSSR count). The third-order valence-corrected chi connectivity index (χ3v) is 3.24. The normalized spacial score (nSPS) is 20.2. The van der Waals surface area contributed by atoms with Gasteiger partial charge in [0, 0.05) is 6.54 Å². The van der Waals surface area contributed by atoms with Crippen LogP contribution in [0.15, 0.2) is 4.99 Å². The molecule has 0 bridgehead atoms. The molecule has 0 aromatic rings. The Morgan fingerprint density at radius 1 is 1.42 bits per heavy atom. The van der Waals surface area contributed by atoms with Crippen LogP contribution in [0.1, 0.15) is 47.0 Å². The molecule has 1 fully saturated rings. The van der Waals surface area contributed by atoms with Crippen LogP contribution in [0, 0.1) is 0 Å². The van der Waals surface area contributed by atoms with Gasteiger partial charge in [-0.1, -0.05) is 0 Å². The standard InChI is InChI=1S/C16H29N3O5/c1-5-23-14(18-11-7-6-8-17-10-11)12(9-13(20)21)19-15(22)24-16(2,3)4/h11-12,17H,5-10H2,1-4H3,(H,19,22)(H,20,21)/t11?,12-/m1/s1. The Morgan fingerprint density at radius 3 is 2.62 bits per heavy atom.